The van der Waals surface area contributed by atoms with Crippen molar-refractivity contribution in [2.75, 3.05) is 5.32 Å². The lowest BCUT2D eigenvalue weighted by Gasteiger charge is -2.07. The number of halogens is 1. The molecule has 18 heavy (non-hydrogen) atoms. The van der Waals surface area contributed by atoms with Crippen LogP contribution in [0.2, 0.25) is 0 Å². The van der Waals surface area contributed by atoms with Gasteiger partial charge in [0.25, 0.3) is 0 Å². The molecule has 90 valence electrons. The van der Waals surface area contributed by atoms with Gasteiger partial charge in [0.05, 0.1) is 12.4 Å². The van der Waals surface area contributed by atoms with E-state index in [1.54, 1.807) is 30.6 Å². The summed E-state index contributed by atoms with van der Waals surface area (Å²) in [5.41, 5.74) is 1.11. The van der Waals surface area contributed by atoms with E-state index in [0.29, 0.717) is 23.6 Å². The van der Waals surface area contributed by atoms with Gasteiger partial charge in [-0.2, -0.15) is 4.52 Å². The van der Waals surface area contributed by atoms with Crippen LogP contribution in [-0.4, -0.2) is 25.0 Å². The Labute approximate surface area is 101 Å². The Balaban J connectivity index is 1.85. The number of fused-ring (bicyclic) bond motifs is 1. The zero-order valence-electron chi connectivity index (χ0n) is 9.29. The van der Waals surface area contributed by atoms with Crippen molar-refractivity contribution in [3.63, 3.8) is 0 Å². The van der Waals surface area contributed by atoms with Crippen molar-refractivity contribution in [2.45, 2.75) is 6.54 Å². The number of tetrazole rings is 1. The van der Waals surface area contributed by atoms with E-state index >= 15 is 0 Å². The van der Waals surface area contributed by atoms with Crippen LogP contribution in [0, 0.1) is 5.82 Å². The SMILES string of the molecule is Fc1ccccc1CNc1cncc2nnnn12. The Morgan fingerprint density at radius 2 is 2.11 bits per heavy atom. The molecule has 0 aliphatic heterocycles. The van der Waals surface area contributed by atoms with Gasteiger partial charge in [-0.05, 0) is 16.5 Å². The number of anilines is 1. The molecule has 6 nitrogen and oxygen atoms in total. The van der Waals surface area contributed by atoms with Gasteiger partial charge in [-0.3, -0.25) is 4.98 Å². The highest BCUT2D eigenvalue weighted by molar-refractivity contribution is 5.44. The molecule has 1 aromatic carbocycles. The number of hydrogen-bond donors (Lipinski definition) is 1. The van der Waals surface area contributed by atoms with Gasteiger partial charge >= 0.3 is 0 Å². The van der Waals surface area contributed by atoms with Gasteiger partial charge in [0.15, 0.2) is 11.5 Å². The van der Waals surface area contributed by atoms with Crippen LogP contribution in [0.5, 0.6) is 0 Å². The first kappa shape index (κ1) is 10.6. The summed E-state index contributed by atoms with van der Waals surface area (Å²) in [6.07, 6.45) is 3.14. The standard InChI is InChI=1S/C11H9FN6/c12-9-4-2-1-3-8(9)5-14-10-6-13-7-11-15-16-17-18(10)11/h1-4,6-7,14H,5H2. The molecule has 0 amide bonds. The molecular weight excluding hydrogens is 235 g/mol. The molecule has 0 saturated heterocycles. The van der Waals surface area contributed by atoms with E-state index in [1.807, 2.05) is 0 Å². The molecule has 0 aliphatic carbocycles. The summed E-state index contributed by atoms with van der Waals surface area (Å²) in [5.74, 6) is 0.364. The summed E-state index contributed by atoms with van der Waals surface area (Å²) < 4.78 is 15.0. The molecule has 3 aromatic rings. The molecule has 0 unspecified atom stereocenters. The van der Waals surface area contributed by atoms with Gasteiger partial charge in [0.1, 0.15) is 5.82 Å². The fourth-order valence-corrected chi connectivity index (χ4v) is 1.62. The quantitative estimate of drug-likeness (QED) is 0.751. The molecule has 0 aliphatic rings. The fraction of sp³-hybridized carbons (Fsp3) is 0.0909. The highest BCUT2D eigenvalue weighted by atomic mass is 19.1. The molecule has 0 atom stereocenters. The average molecular weight is 244 g/mol. The Hall–Kier alpha value is -2.57. The topological polar surface area (TPSA) is 68.0 Å². The van der Waals surface area contributed by atoms with Crippen LogP contribution in [0.25, 0.3) is 5.65 Å². The molecule has 0 fully saturated rings. The van der Waals surface area contributed by atoms with E-state index in [-0.39, 0.29) is 5.82 Å². The second-order valence-electron chi connectivity index (χ2n) is 3.69. The number of nitrogens with one attached hydrogen (secondary N) is 1. The van der Waals surface area contributed by atoms with Crippen LogP contribution in [0.3, 0.4) is 0 Å². The smallest absolute Gasteiger partial charge is 0.199 e. The van der Waals surface area contributed by atoms with E-state index in [1.165, 1.54) is 10.6 Å². The molecule has 2 aromatic heterocycles. The molecule has 0 spiro atoms. The molecular formula is C11H9FN6. The number of nitrogens with zero attached hydrogens (tertiary/aromatic N) is 5. The Kier molecular flexibility index (Phi) is 2.56. The van der Waals surface area contributed by atoms with Gasteiger partial charge < -0.3 is 5.32 Å². The first-order valence-electron chi connectivity index (χ1n) is 5.34. The molecule has 3 rings (SSSR count). The Morgan fingerprint density at radius 1 is 1.22 bits per heavy atom. The third-order valence-electron chi connectivity index (χ3n) is 2.53. The lowest BCUT2D eigenvalue weighted by Crippen LogP contribution is -2.06. The molecule has 0 radical (unpaired) electrons. The minimum Gasteiger partial charge on any atom is -0.364 e. The van der Waals surface area contributed by atoms with E-state index < -0.39 is 0 Å². The number of benzene rings is 1. The Bertz CT molecular complexity index is 680. The van der Waals surface area contributed by atoms with Crippen LogP contribution in [0.15, 0.2) is 36.7 Å². The van der Waals surface area contributed by atoms with Crippen molar-refractivity contribution >= 4 is 11.5 Å². The van der Waals surface area contributed by atoms with Crippen LogP contribution in [0.4, 0.5) is 10.2 Å². The fourth-order valence-electron chi connectivity index (χ4n) is 1.62. The van der Waals surface area contributed by atoms with Crippen LogP contribution >= 0.6 is 0 Å². The highest BCUT2D eigenvalue weighted by Gasteiger charge is 2.05. The Morgan fingerprint density at radius 3 is 3.00 bits per heavy atom. The monoisotopic (exact) mass is 244 g/mol. The van der Waals surface area contributed by atoms with Crippen LogP contribution < -0.4 is 5.32 Å². The van der Waals surface area contributed by atoms with Crippen molar-refractivity contribution in [1.29, 1.82) is 0 Å². The number of rotatable bonds is 3. The first-order valence-corrected chi connectivity index (χ1v) is 5.34. The van der Waals surface area contributed by atoms with Gasteiger partial charge in [0, 0.05) is 12.1 Å². The summed E-state index contributed by atoms with van der Waals surface area (Å²) in [6, 6.07) is 6.58. The number of aromatic nitrogens is 5. The van der Waals surface area contributed by atoms with Gasteiger partial charge in [-0.25, -0.2) is 4.39 Å². The summed E-state index contributed by atoms with van der Waals surface area (Å²) in [6.45, 7) is 0.341. The molecule has 2 heterocycles. The second-order valence-corrected chi connectivity index (χ2v) is 3.69. The highest BCUT2D eigenvalue weighted by Crippen LogP contribution is 2.11. The van der Waals surface area contributed by atoms with Gasteiger partial charge in [0.2, 0.25) is 0 Å². The maximum atomic E-state index is 13.4. The zero-order valence-corrected chi connectivity index (χ0v) is 9.29. The van der Waals surface area contributed by atoms with Gasteiger partial charge in [-0.1, -0.05) is 18.2 Å². The van der Waals surface area contributed by atoms with Crippen molar-refractivity contribution in [3.8, 4) is 0 Å². The predicted molar refractivity (Wildman–Crippen MR) is 62.3 cm³/mol. The maximum absolute atomic E-state index is 13.4. The third kappa shape index (κ3) is 1.86. The lowest BCUT2D eigenvalue weighted by atomic mass is 10.2. The van der Waals surface area contributed by atoms with Crippen LogP contribution in [-0.2, 0) is 6.54 Å². The molecule has 0 saturated carbocycles. The predicted octanol–water partition coefficient (Wildman–Crippen LogP) is 1.27. The minimum absolute atomic E-state index is 0.248. The summed E-state index contributed by atoms with van der Waals surface area (Å²) in [5, 5.41) is 14.2. The van der Waals surface area contributed by atoms with E-state index in [2.05, 4.69) is 25.8 Å². The zero-order chi connectivity index (χ0) is 12.4. The van der Waals surface area contributed by atoms with E-state index in [4.69, 9.17) is 0 Å². The minimum atomic E-state index is -0.248. The van der Waals surface area contributed by atoms with Gasteiger partial charge in [-0.15, -0.1) is 5.10 Å². The largest absolute Gasteiger partial charge is 0.364 e. The first-order chi connectivity index (χ1) is 8.84. The van der Waals surface area contributed by atoms with Crippen molar-refractivity contribution in [1.82, 2.24) is 25.0 Å². The number of hydrogen-bond acceptors (Lipinski definition) is 5. The van der Waals surface area contributed by atoms with Crippen molar-refractivity contribution in [2.24, 2.45) is 0 Å². The molecule has 7 heteroatoms. The molecule has 0 bridgehead atoms. The van der Waals surface area contributed by atoms with Crippen LogP contribution in [0.1, 0.15) is 5.56 Å². The summed E-state index contributed by atoms with van der Waals surface area (Å²) in [4.78, 5) is 4.00. The van der Waals surface area contributed by atoms with Crippen molar-refractivity contribution < 1.29 is 4.39 Å². The van der Waals surface area contributed by atoms with E-state index in [9.17, 15) is 4.39 Å². The summed E-state index contributed by atoms with van der Waals surface area (Å²) >= 11 is 0. The van der Waals surface area contributed by atoms with Crippen molar-refractivity contribution in [3.05, 3.63) is 48.0 Å². The maximum Gasteiger partial charge on any atom is 0.199 e. The normalized spacial score (nSPS) is 10.7. The summed E-state index contributed by atoms with van der Waals surface area (Å²) in [7, 11) is 0. The average Bonchev–Trinajstić information content (AvgIpc) is 2.86. The lowest BCUT2D eigenvalue weighted by molar-refractivity contribution is 0.612. The van der Waals surface area contributed by atoms with E-state index in [0.717, 1.165) is 0 Å². The second kappa shape index (κ2) is 4.36. The molecule has 1 N–H and O–H groups in total. The third-order valence-corrected chi connectivity index (χ3v) is 2.53.